The van der Waals surface area contributed by atoms with E-state index < -0.39 is 6.04 Å². The molecule has 33 heavy (non-hydrogen) atoms. The number of nitrogens with one attached hydrogen (secondary N) is 2. The van der Waals surface area contributed by atoms with Gasteiger partial charge in [0.2, 0.25) is 11.8 Å². The van der Waals surface area contributed by atoms with E-state index in [9.17, 15) is 14.4 Å². The molecule has 0 aromatic heterocycles. The van der Waals surface area contributed by atoms with Gasteiger partial charge in [0.15, 0.2) is 6.04 Å². The second-order valence-electron chi connectivity index (χ2n) is 9.70. The highest BCUT2D eigenvalue weighted by Crippen LogP contribution is 2.20. The summed E-state index contributed by atoms with van der Waals surface area (Å²) in [6.45, 7) is 11.2. The Labute approximate surface area is 204 Å². The van der Waals surface area contributed by atoms with Gasteiger partial charge in [-0.25, -0.2) is 0 Å². The summed E-state index contributed by atoms with van der Waals surface area (Å²) in [7, 11) is 0. The number of amides is 3. The summed E-state index contributed by atoms with van der Waals surface area (Å²) in [6.07, 6.45) is 2.93. The first-order chi connectivity index (χ1) is 15.1. The Bertz CT molecular complexity index is 774. The maximum Gasteiger partial charge on any atom is 0.280 e. The molecule has 0 unspecified atom stereocenters. The number of anilines is 1. The molecule has 1 aromatic rings. The Balaban J connectivity index is 0.00000544. The number of hydrogen-bond acceptors (Lipinski definition) is 3. The van der Waals surface area contributed by atoms with E-state index in [2.05, 4.69) is 37.1 Å². The first kappa shape index (κ1) is 28.9. The van der Waals surface area contributed by atoms with Crippen LogP contribution in [0.25, 0.3) is 0 Å². The van der Waals surface area contributed by atoms with Gasteiger partial charge in [0.1, 0.15) is 6.04 Å². The molecule has 186 valence electrons. The summed E-state index contributed by atoms with van der Waals surface area (Å²) in [4.78, 5) is 40.2. The molecular weight excluding hydrogens is 440 g/mol. The average Bonchev–Trinajstić information content (AvgIpc) is 2.76. The number of likely N-dealkylation sites (tertiary alicyclic amines) is 1. The Morgan fingerprint density at radius 3 is 2.12 bits per heavy atom. The predicted octanol–water partition coefficient (Wildman–Crippen LogP) is -0.772. The zero-order valence-electron chi connectivity index (χ0n) is 20.7. The summed E-state index contributed by atoms with van der Waals surface area (Å²) in [6, 6.07) is 6.91. The molecule has 1 aliphatic rings. The van der Waals surface area contributed by atoms with E-state index in [0.717, 1.165) is 18.5 Å². The normalized spacial score (nSPS) is 16.2. The number of nitrogens with zero attached hydrogens (tertiary/aromatic N) is 1. The second-order valence-corrected chi connectivity index (χ2v) is 9.70. The standard InChI is InChI=1S/C25H40N4O3.ClH/c1-6-18-7-9-20(10-8-18)27-24(31)22(17(4)5)28-23(30)19-11-13-29(14-12-19)25(32)21(26)15-16(2)3;/h7-10,16-17,19,21-22H,6,11-15,26H2,1-5H3,(H,27,31)(H,28,30);1H/t21-,22-;/m0./s1. The smallest absolute Gasteiger partial charge is 0.280 e. The molecule has 0 saturated carbocycles. The zero-order chi connectivity index (χ0) is 23.8. The van der Waals surface area contributed by atoms with Gasteiger partial charge in [0.05, 0.1) is 0 Å². The van der Waals surface area contributed by atoms with Crippen LogP contribution in [0.3, 0.4) is 0 Å². The van der Waals surface area contributed by atoms with Gasteiger partial charge in [-0.3, -0.25) is 14.4 Å². The van der Waals surface area contributed by atoms with Crippen LogP contribution in [0.2, 0.25) is 0 Å². The Kier molecular flexibility index (Phi) is 11.9. The fourth-order valence-corrected chi connectivity index (χ4v) is 4.14. The van der Waals surface area contributed by atoms with E-state index in [0.29, 0.717) is 31.8 Å². The van der Waals surface area contributed by atoms with E-state index >= 15 is 0 Å². The van der Waals surface area contributed by atoms with Gasteiger partial charge in [-0.1, -0.05) is 46.8 Å². The zero-order valence-corrected chi connectivity index (χ0v) is 21.5. The van der Waals surface area contributed by atoms with Crippen LogP contribution in [-0.2, 0) is 20.8 Å². The molecule has 1 aliphatic heterocycles. The van der Waals surface area contributed by atoms with E-state index in [4.69, 9.17) is 0 Å². The summed E-state index contributed by atoms with van der Waals surface area (Å²) in [5.74, 6) is -0.0530. The van der Waals surface area contributed by atoms with Crippen LogP contribution < -0.4 is 28.8 Å². The number of halogens is 1. The van der Waals surface area contributed by atoms with Crippen molar-refractivity contribution >= 4 is 23.4 Å². The highest BCUT2D eigenvalue weighted by Gasteiger charge is 2.33. The molecule has 1 saturated heterocycles. The van der Waals surface area contributed by atoms with Gasteiger partial charge in [0.25, 0.3) is 5.91 Å². The van der Waals surface area contributed by atoms with Crippen LogP contribution in [0.15, 0.2) is 24.3 Å². The van der Waals surface area contributed by atoms with Crippen molar-refractivity contribution in [3.63, 3.8) is 0 Å². The van der Waals surface area contributed by atoms with E-state index in [1.165, 1.54) is 5.56 Å². The highest BCUT2D eigenvalue weighted by atomic mass is 35.5. The Morgan fingerprint density at radius 2 is 1.64 bits per heavy atom. The van der Waals surface area contributed by atoms with Gasteiger partial charge >= 0.3 is 0 Å². The first-order valence-corrected chi connectivity index (χ1v) is 11.9. The number of aryl methyl sites for hydroxylation is 1. The van der Waals surface area contributed by atoms with Crippen molar-refractivity contribution in [2.75, 3.05) is 18.4 Å². The Morgan fingerprint density at radius 1 is 1.06 bits per heavy atom. The number of carbonyl (C=O) groups excluding carboxylic acids is 3. The summed E-state index contributed by atoms with van der Waals surface area (Å²) in [5, 5.41) is 5.87. The lowest BCUT2D eigenvalue weighted by Crippen LogP contribution is -3.00. The number of hydrogen-bond donors (Lipinski definition) is 3. The van der Waals surface area contributed by atoms with E-state index in [1.807, 2.05) is 43.0 Å². The quantitative estimate of drug-likeness (QED) is 0.432. The summed E-state index contributed by atoms with van der Waals surface area (Å²) in [5.41, 5.74) is 5.94. The van der Waals surface area contributed by atoms with Crippen molar-refractivity contribution in [2.24, 2.45) is 17.8 Å². The van der Waals surface area contributed by atoms with Crippen LogP contribution in [0.4, 0.5) is 5.69 Å². The molecule has 1 aromatic carbocycles. The van der Waals surface area contributed by atoms with Crippen molar-refractivity contribution in [2.45, 2.75) is 72.4 Å². The van der Waals surface area contributed by atoms with E-state index in [1.54, 1.807) is 0 Å². The number of quaternary nitrogens is 1. The van der Waals surface area contributed by atoms with Crippen LogP contribution in [0, 0.1) is 17.8 Å². The third kappa shape index (κ3) is 8.63. The molecule has 2 rings (SSSR count). The molecule has 2 atom stereocenters. The van der Waals surface area contributed by atoms with Crippen LogP contribution in [-0.4, -0.2) is 47.8 Å². The van der Waals surface area contributed by atoms with E-state index in [-0.39, 0.29) is 48.0 Å². The topological polar surface area (TPSA) is 106 Å². The summed E-state index contributed by atoms with van der Waals surface area (Å²) < 4.78 is 0. The van der Waals surface area contributed by atoms with Gasteiger partial charge in [0, 0.05) is 31.1 Å². The van der Waals surface area contributed by atoms with Crippen molar-refractivity contribution in [1.82, 2.24) is 10.2 Å². The number of rotatable bonds is 9. The molecule has 0 aliphatic carbocycles. The van der Waals surface area contributed by atoms with Crippen LogP contribution in [0.5, 0.6) is 0 Å². The average molecular weight is 481 g/mol. The molecule has 8 heteroatoms. The van der Waals surface area contributed by atoms with Crippen molar-refractivity contribution in [3.8, 4) is 0 Å². The fourth-order valence-electron chi connectivity index (χ4n) is 4.14. The van der Waals surface area contributed by atoms with Crippen LogP contribution >= 0.6 is 0 Å². The maximum atomic E-state index is 12.9. The van der Waals surface area contributed by atoms with Gasteiger partial charge in [-0.15, -0.1) is 0 Å². The maximum absolute atomic E-state index is 12.9. The number of carbonyl (C=O) groups is 3. The lowest BCUT2D eigenvalue weighted by molar-refractivity contribution is -0.408. The van der Waals surface area contributed by atoms with Gasteiger partial charge in [-0.2, -0.15) is 0 Å². The van der Waals surface area contributed by atoms with Gasteiger partial charge in [-0.05, 0) is 48.8 Å². The predicted molar refractivity (Wildman–Crippen MR) is 127 cm³/mol. The van der Waals surface area contributed by atoms with Crippen LogP contribution in [0.1, 0.15) is 59.4 Å². The third-order valence-electron chi connectivity index (χ3n) is 6.16. The minimum absolute atomic E-state index is 0. The third-order valence-corrected chi connectivity index (χ3v) is 6.16. The molecule has 1 heterocycles. The highest BCUT2D eigenvalue weighted by molar-refractivity contribution is 5.97. The largest absolute Gasteiger partial charge is 1.00 e. The lowest BCUT2D eigenvalue weighted by atomic mass is 9.93. The molecular formula is C25H41ClN4O3. The van der Waals surface area contributed by atoms with Crippen molar-refractivity contribution < 1.29 is 32.5 Å². The van der Waals surface area contributed by atoms with Crippen molar-refractivity contribution in [1.29, 1.82) is 0 Å². The second kappa shape index (κ2) is 13.6. The molecule has 1 fully saturated rings. The fraction of sp³-hybridized carbons (Fsp3) is 0.640. The Hall–Kier alpha value is -2.12. The lowest BCUT2D eigenvalue weighted by Gasteiger charge is -2.33. The number of piperidine rings is 1. The molecule has 7 nitrogen and oxygen atoms in total. The molecule has 0 bridgehead atoms. The molecule has 3 amide bonds. The SMILES string of the molecule is CCc1ccc(NC(=O)[C@@H](NC(=O)C2CCN(C(=O)[C@@H]([NH3+])CC(C)C)CC2)C(C)C)cc1.[Cl-]. The first-order valence-electron chi connectivity index (χ1n) is 11.9. The molecule has 0 spiro atoms. The number of benzene rings is 1. The summed E-state index contributed by atoms with van der Waals surface area (Å²) >= 11 is 0. The minimum atomic E-state index is -0.608. The molecule has 5 N–H and O–H groups in total. The minimum Gasteiger partial charge on any atom is -1.00 e. The monoisotopic (exact) mass is 480 g/mol. The van der Waals surface area contributed by atoms with Crippen molar-refractivity contribution in [3.05, 3.63) is 29.8 Å². The van der Waals surface area contributed by atoms with Gasteiger partial charge < -0.3 is 33.7 Å². The molecule has 0 radical (unpaired) electrons.